The number of fused-ring (bicyclic) bond motifs is 2. The molecule has 0 N–H and O–H groups in total. The second kappa shape index (κ2) is 2.51. The minimum Gasteiger partial charge on any atom is -0.376 e. The van der Waals surface area contributed by atoms with Gasteiger partial charge in [0.2, 0.25) is 0 Å². The van der Waals surface area contributed by atoms with Crippen molar-refractivity contribution in [1.82, 2.24) is 4.90 Å². The summed E-state index contributed by atoms with van der Waals surface area (Å²) in [5.41, 5.74) is 0. The first-order valence-corrected chi connectivity index (χ1v) is 4.26. The molecule has 2 atom stereocenters. The molecule has 2 aliphatic rings. The smallest absolute Gasteiger partial charge is 0.0626 e. The van der Waals surface area contributed by atoms with E-state index in [2.05, 4.69) is 11.8 Å². The molecule has 2 rings (SSSR count). The molecule has 0 aromatic rings. The normalized spacial score (nSPS) is 40.5. The SMILES string of the molecule is CCN1CCC2CC1CO2. The molecule has 2 unspecified atom stereocenters. The van der Waals surface area contributed by atoms with Crippen molar-refractivity contribution in [3.63, 3.8) is 0 Å². The Morgan fingerprint density at radius 3 is 3.30 bits per heavy atom. The number of hydrogen-bond acceptors (Lipinski definition) is 2. The summed E-state index contributed by atoms with van der Waals surface area (Å²) in [6.45, 7) is 5.67. The van der Waals surface area contributed by atoms with Gasteiger partial charge in [0.05, 0.1) is 12.7 Å². The maximum absolute atomic E-state index is 5.57. The molecule has 0 aromatic carbocycles. The first kappa shape index (κ1) is 6.62. The topological polar surface area (TPSA) is 12.5 Å². The van der Waals surface area contributed by atoms with Gasteiger partial charge in [-0.05, 0) is 19.4 Å². The van der Waals surface area contributed by atoms with Crippen LogP contribution in [0, 0.1) is 0 Å². The van der Waals surface area contributed by atoms with Gasteiger partial charge in [-0.25, -0.2) is 0 Å². The second-order valence-corrected chi connectivity index (χ2v) is 3.26. The van der Waals surface area contributed by atoms with Crippen molar-refractivity contribution in [3.05, 3.63) is 0 Å². The Balaban J connectivity index is 2.00. The quantitative estimate of drug-likeness (QED) is 0.537. The Morgan fingerprint density at radius 2 is 2.50 bits per heavy atom. The van der Waals surface area contributed by atoms with E-state index in [4.69, 9.17) is 4.74 Å². The Hall–Kier alpha value is -0.0800. The fourth-order valence-corrected chi connectivity index (χ4v) is 2.05. The highest BCUT2D eigenvalue weighted by atomic mass is 16.5. The minimum atomic E-state index is 0.604. The molecule has 2 fully saturated rings. The van der Waals surface area contributed by atoms with Gasteiger partial charge in [0.25, 0.3) is 0 Å². The van der Waals surface area contributed by atoms with Gasteiger partial charge in [-0.3, -0.25) is 4.90 Å². The van der Waals surface area contributed by atoms with Gasteiger partial charge < -0.3 is 4.74 Å². The molecule has 2 nitrogen and oxygen atoms in total. The fraction of sp³-hybridized carbons (Fsp3) is 1.00. The van der Waals surface area contributed by atoms with Gasteiger partial charge in [0.15, 0.2) is 0 Å². The molecular formula is C8H15NO. The lowest BCUT2D eigenvalue weighted by Crippen LogP contribution is -2.39. The van der Waals surface area contributed by atoms with E-state index in [1.807, 2.05) is 0 Å². The summed E-state index contributed by atoms with van der Waals surface area (Å²) in [6.07, 6.45) is 3.14. The van der Waals surface area contributed by atoms with Gasteiger partial charge in [0, 0.05) is 12.6 Å². The molecule has 2 heteroatoms. The summed E-state index contributed by atoms with van der Waals surface area (Å²) in [5.74, 6) is 0. The molecule has 2 saturated heterocycles. The average molecular weight is 141 g/mol. The zero-order chi connectivity index (χ0) is 6.97. The van der Waals surface area contributed by atoms with Crippen LogP contribution in [-0.4, -0.2) is 36.7 Å². The van der Waals surface area contributed by atoms with Crippen LogP contribution in [0.4, 0.5) is 0 Å². The maximum Gasteiger partial charge on any atom is 0.0626 e. The van der Waals surface area contributed by atoms with E-state index in [9.17, 15) is 0 Å². The van der Waals surface area contributed by atoms with Crippen molar-refractivity contribution in [1.29, 1.82) is 0 Å². The Bertz CT molecular complexity index is 126. The third kappa shape index (κ3) is 0.956. The van der Waals surface area contributed by atoms with E-state index in [-0.39, 0.29) is 0 Å². The van der Waals surface area contributed by atoms with Crippen molar-refractivity contribution in [3.8, 4) is 0 Å². The van der Waals surface area contributed by atoms with Crippen LogP contribution in [0.2, 0.25) is 0 Å². The Kier molecular flexibility index (Phi) is 1.66. The third-order valence-corrected chi connectivity index (χ3v) is 2.72. The van der Waals surface area contributed by atoms with Crippen LogP contribution in [-0.2, 0) is 4.74 Å². The first-order valence-electron chi connectivity index (χ1n) is 4.26. The third-order valence-electron chi connectivity index (χ3n) is 2.72. The van der Waals surface area contributed by atoms with Crippen molar-refractivity contribution < 1.29 is 4.74 Å². The summed E-state index contributed by atoms with van der Waals surface area (Å²) in [4.78, 5) is 2.53. The number of nitrogens with zero attached hydrogens (tertiary/aromatic N) is 1. The number of likely N-dealkylation sites (N-methyl/N-ethyl adjacent to an activating group) is 1. The van der Waals surface area contributed by atoms with E-state index in [1.165, 1.54) is 25.9 Å². The lowest BCUT2D eigenvalue weighted by molar-refractivity contribution is 0.108. The Labute approximate surface area is 62.2 Å². The molecular weight excluding hydrogens is 126 g/mol. The lowest BCUT2D eigenvalue weighted by atomic mass is 10.0. The van der Waals surface area contributed by atoms with Crippen LogP contribution in [0.5, 0.6) is 0 Å². The molecule has 2 heterocycles. The largest absolute Gasteiger partial charge is 0.376 e. The summed E-state index contributed by atoms with van der Waals surface area (Å²) >= 11 is 0. The van der Waals surface area contributed by atoms with Crippen LogP contribution in [0.3, 0.4) is 0 Å². The molecule has 0 aliphatic carbocycles. The van der Waals surface area contributed by atoms with Crippen molar-refractivity contribution in [2.45, 2.75) is 31.9 Å². The number of hydrogen-bond donors (Lipinski definition) is 0. The molecule has 0 amide bonds. The molecule has 0 spiro atoms. The number of piperidine rings is 1. The van der Waals surface area contributed by atoms with Gasteiger partial charge in [0.1, 0.15) is 0 Å². The molecule has 2 aliphatic heterocycles. The molecule has 0 aromatic heterocycles. The standard InChI is InChI=1S/C8H15NO/c1-2-9-4-3-8-5-7(9)6-10-8/h7-8H,2-6H2,1H3. The molecule has 2 bridgehead atoms. The summed E-state index contributed by atoms with van der Waals surface area (Å²) < 4.78 is 5.57. The summed E-state index contributed by atoms with van der Waals surface area (Å²) in [6, 6.07) is 0.753. The second-order valence-electron chi connectivity index (χ2n) is 3.26. The van der Waals surface area contributed by atoms with Crippen LogP contribution >= 0.6 is 0 Å². The maximum atomic E-state index is 5.57. The van der Waals surface area contributed by atoms with Crippen LogP contribution in [0.25, 0.3) is 0 Å². The van der Waals surface area contributed by atoms with Crippen molar-refractivity contribution >= 4 is 0 Å². The highest BCUT2D eigenvalue weighted by Gasteiger charge is 2.33. The zero-order valence-electron chi connectivity index (χ0n) is 6.55. The highest BCUT2D eigenvalue weighted by molar-refractivity contribution is 4.86. The number of rotatable bonds is 1. The molecule has 58 valence electrons. The lowest BCUT2D eigenvalue weighted by Gasteiger charge is -2.29. The summed E-state index contributed by atoms with van der Waals surface area (Å²) in [7, 11) is 0. The molecule has 0 saturated carbocycles. The monoisotopic (exact) mass is 141 g/mol. The van der Waals surface area contributed by atoms with E-state index in [0.29, 0.717) is 6.10 Å². The number of ether oxygens (including phenoxy) is 1. The van der Waals surface area contributed by atoms with Crippen molar-refractivity contribution in [2.75, 3.05) is 19.7 Å². The van der Waals surface area contributed by atoms with Gasteiger partial charge >= 0.3 is 0 Å². The summed E-state index contributed by atoms with van der Waals surface area (Å²) in [5, 5.41) is 0. The predicted octanol–water partition coefficient (Wildman–Crippen LogP) is 0.869. The Morgan fingerprint density at radius 1 is 1.60 bits per heavy atom. The molecule has 10 heavy (non-hydrogen) atoms. The average Bonchev–Trinajstić information content (AvgIpc) is 2.34. The fourth-order valence-electron chi connectivity index (χ4n) is 2.05. The van der Waals surface area contributed by atoms with Crippen LogP contribution < -0.4 is 0 Å². The zero-order valence-corrected chi connectivity index (χ0v) is 6.55. The highest BCUT2D eigenvalue weighted by Crippen LogP contribution is 2.26. The van der Waals surface area contributed by atoms with Gasteiger partial charge in [-0.1, -0.05) is 6.92 Å². The predicted molar refractivity (Wildman–Crippen MR) is 40.0 cm³/mol. The van der Waals surface area contributed by atoms with Gasteiger partial charge in [-0.15, -0.1) is 0 Å². The number of likely N-dealkylation sites (tertiary alicyclic amines) is 1. The van der Waals surface area contributed by atoms with Gasteiger partial charge in [-0.2, -0.15) is 0 Å². The van der Waals surface area contributed by atoms with Crippen LogP contribution in [0.1, 0.15) is 19.8 Å². The van der Waals surface area contributed by atoms with E-state index >= 15 is 0 Å². The first-order chi connectivity index (χ1) is 4.90. The van der Waals surface area contributed by atoms with E-state index in [1.54, 1.807) is 0 Å². The van der Waals surface area contributed by atoms with E-state index in [0.717, 1.165) is 12.6 Å². The van der Waals surface area contributed by atoms with Crippen molar-refractivity contribution in [2.24, 2.45) is 0 Å². The minimum absolute atomic E-state index is 0.604. The van der Waals surface area contributed by atoms with Crippen LogP contribution in [0.15, 0.2) is 0 Å². The van der Waals surface area contributed by atoms with E-state index < -0.39 is 0 Å². The molecule has 0 radical (unpaired) electrons.